The zero-order valence-electron chi connectivity index (χ0n) is 19.2. The predicted molar refractivity (Wildman–Crippen MR) is 135 cm³/mol. The van der Waals surface area contributed by atoms with Gasteiger partial charge in [-0.2, -0.15) is 13.2 Å². The van der Waals surface area contributed by atoms with Gasteiger partial charge in [-0.15, -0.1) is 0 Å². The quantitative estimate of drug-likeness (QED) is 0.288. The minimum absolute atomic E-state index is 0.0732. The van der Waals surface area contributed by atoms with Gasteiger partial charge in [0.25, 0.3) is 0 Å². The van der Waals surface area contributed by atoms with Gasteiger partial charge in [0, 0.05) is 53.0 Å². The number of hydrogen-bond acceptors (Lipinski definition) is 5. The van der Waals surface area contributed by atoms with E-state index >= 15 is 0 Å². The first-order valence-electron chi connectivity index (χ1n) is 11.8. The van der Waals surface area contributed by atoms with Crippen molar-refractivity contribution in [2.45, 2.75) is 25.1 Å². The molecule has 0 saturated carbocycles. The second-order valence-corrected chi connectivity index (χ2v) is 8.98. The van der Waals surface area contributed by atoms with Gasteiger partial charge in [-0.1, -0.05) is 30.3 Å². The largest absolute Gasteiger partial charge is 0.419 e. The highest BCUT2D eigenvalue weighted by molar-refractivity contribution is 6.00. The summed E-state index contributed by atoms with van der Waals surface area (Å²) in [4.78, 5) is 15.9. The molecular formula is C27H23F3N6. The molecule has 6 nitrogen and oxygen atoms in total. The van der Waals surface area contributed by atoms with Gasteiger partial charge in [-0.3, -0.25) is 4.98 Å². The molecule has 1 atom stereocenters. The van der Waals surface area contributed by atoms with Crippen molar-refractivity contribution in [3.8, 4) is 22.4 Å². The monoisotopic (exact) mass is 488 g/mol. The van der Waals surface area contributed by atoms with Crippen LogP contribution in [0.2, 0.25) is 0 Å². The molecule has 6 rings (SSSR count). The van der Waals surface area contributed by atoms with Crippen molar-refractivity contribution < 1.29 is 13.2 Å². The van der Waals surface area contributed by atoms with Crippen LogP contribution >= 0.6 is 0 Å². The molecule has 1 aliphatic rings. The summed E-state index contributed by atoms with van der Waals surface area (Å²) < 4.78 is 41.8. The number of hydrogen-bond donors (Lipinski definition) is 3. The van der Waals surface area contributed by atoms with Crippen molar-refractivity contribution in [3.05, 3.63) is 72.7 Å². The lowest BCUT2D eigenvalue weighted by Crippen LogP contribution is -2.38. The van der Waals surface area contributed by atoms with Crippen LogP contribution in [-0.4, -0.2) is 39.1 Å². The van der Waals surface area contributed by atoms with Gasteiger partial charge in [0.05, 0.1) is 11.2 Å². The molecule has 0 aliphatic carbocycles. The van der Waals surface area contributed by atoms with E-state index in [9.17, 15) is 13.2 Å². The zero-order valence-corrected chi connectivity index (χ0v) is 19.2. The Morgan fingerprint density at radius 3 is 2.69 bits per heavy atom. The average molecular weight is 489 g/mol. The second kappa shape index (κ2) is 8.91. The number of fused-ring (bicyclic) bond motifs is 2. The van der Waals surface area contributed by atoms with Crippen LogP contribution in [-0.2, 0) is 6.18 Å². The van der Waals surface area contributed by atoms with Crippen LogP contribution in [0.25, 0.3) is 44.2 Å². The lowest BCUT2D eigenvalue weighted by Gasteiger charge is -2.24. The Balaban J connectivity index is 1.43. The number of para-hydroxylation sites is 1. The molecule has 0 radical (unpaired) electrons. The molecule has 0 amide bonds. The molecule has 1 aliphatic heterocycles. The smallest absolute Gasteiger partial charge is 0.360 e. The second-order valence-electron chi connectivity index (χ2n) is 8.98. The standard InChI is InChI=1S/C27H23F3N6/c28-27(29,30)22-15-34-26(35-17-4-3-10-31-13-17)36-25(22)21-14-33-24-12-16(7-8-20(21)24)18-9-11-32-23-6-2-1-5-19(18)23/h1-2,5-9,11-12,14-15,17,31,33H,3-4,10,13H2,(H,34,35,36)/t17-/m0/s1. The van der Waals surface area contributed by atoms with E-state index in [1.807, 2.05) is 48.5 Å². The van der Waals surface area contributed by atoms with Crippen LogP contribution in [0.15, 0.2) is 67.1 Å². The lowest BCUT2D eigenvalue weighted by atomic mass is 9.99. The van der Waals surface area contributed by atoms with Crippen molar-refractivity contribution in [3.63, 3.8) is 0 Å². The van der Waals surface area contributed by atoms with E-state index in [0.717, 1.165) is 59.7 Å². The summed E-state index contributed by atoms with van der Waals surface area (Å²) in [6.07, 6.45) is 1.53. The van der Waals surface area contributed by atoms with E-state index < -0.39 is 11.7 Å². The van der Waals surface area contributed by atoms with Gasteiger partial charge in [0.1, 0.15) is 5.56 Å². The number of aromatic amines is 1. The van der Waals surface area contributed by atoms with Gasteiger partial charge < -0.3 is 15.6 Å². The lowest BCUT2D eigenvalue weighted by molar-refractivity contribution is -0.137. The van der Waals surface area contributed by atoms with Crippen molar-refractivity contribution in [2.75, 3.05) is 18.4 Å². The van der Waals surface area contributed by atoms with Crippen molar-refractivity contribution in [1.29, 1.82) is 0 Å². The van der Waals surface area contributed by atoms with Gasteiger partial charge in [0.2, 0.25) is 5.95 Å². The molecule has 2 aromatic carbocycles. The molecule has 5 aromatic rings. The maximum absolute atomic E-state index is 13.9. The number of benzene rings is 2. The van der Waals surface area contributed by atoms with Crippen LogP contribution in [0.5, 0.6) is 0 Å². The van der Waals surface area contributed by atoms with Crippen LogP contribution in [0.1, 0.15) is 18.4 Å². The van der Waals surface area contributed by atoms with E-state index in [-0.39, 0.29) is 17.7 Å². The van der Waals surface area contributed by atoms with Crippen LogP contribution < -0.4 is 10.6 Å². The minimum atomic E-state index is -4.58. The summed E-state index contributed by atoms with van der Waals surface area (Å²) in [7, 11) is 0. The predicted octanol–water partition coefficient (Wildman–Crippen LogP) is 6.02. The summed E-state index contributed by atoms with van der Waals surface area (Å²) >= 11 is 0. The first-order valence-corrected chi connectivity index (χ1v) is 11.8. The number of anilines is 1. The molecule has 9 heteroatoms. The van der Waals surface area contributed by atoms with E-state index in [1.165, 1.54) is 0 Å². The molecule has 1 saturated heterocycles. The molecule has 0 bridgehead atoms. The highest BCUT2D eigenvalue weighted by Gasteiger charge is 2.36. The average Bonchev–Trinajstić information content (AvgIpc) is 3.31. The van der Waals surface area contributed by atoms with Gasteiger partial charge in [0.15, 0.2) is 0 Å². The molecule has 4 heterocycles. The highest BCUT2D eigenvalue weighted by atomic mass is 19.4. The Morgan fingerprint density at radius 2 is 1.86 bits per heavy atom. The Morgan fingerprint density at radius 1 is 0.972 bits per heavy atom. The van der Waals surface area contributed by atoms with Crippen molar-refractivity contribution >= 4 is 27.8 Å². The van der Waals surface area contributed by atoms with E-state index in [1.54, 1.807) is 12.4 Å². The summed E-state index contributed by atoms with van der Waals surface area (Å²) in [5.41, 5.74) is 2.93. The molecule has 0 unspecified atom stereocenters. The molecule has 0 spiro atoms. The Kier molecular flexibility index (Phi) is 5.56. The van der Waals surface area contributed by atoms with Crippen LogP contribution in [0.3, 0.4) is 0 Å². The number of piperidine rings is 1. The zero-order chi connectivity index (χ0) is 24.7. The van der Waals surface area contributed by atoms with Crippen molar-refractivity contribution in [1.82, 2.24) is 25.3 Å². The number of nitrogens with zero attached hydrogens (tertiary/aromatic N) is 3. The van der Waals surface area contributed by atoms with Crippen LogP contribution in [0.4, 0.5) is 19.1 Å². The molecule has 3 aromatic heterocycles. The van der Waals surface area contributed by atoms with Gasteiger partial charge in [-0.05, 0) is 48.7 Å². The molecule has 1 fully saturated rings. The third kappa shape index (κ3) is 4.15. The molecular weight excluding hydrogens is 465 g/mol. The third-order valence-corrected chi connectivity index (χ3v) is 6.62. The van der Waals surface area contributed by atoms with Gasteiger partial charge >= 0.3 is 6.18 Å². The number of nitrogens with one attached hydrogen (secondary N) is 3. The minimum Gasteiger partial charge on any atom is -0.360 e. The fourth-order valence-electron chi connectivity index (χ4n) is 4.86. The summed E-state index contributed by atoms with van der Waals surface area (Å²) in [5.74, 6) is 0.195. The molecule has 3 N–H and O–H groups in total. The fraction of sp³-hybridized carbons (Fsp3) is 0.222. The van der Waals surface area contributed by atoms with E-state index in [2.05, 4.69) is 30.6 Å². The van der Waals surface area contributed by atoms with E-state index in [4.69, 9.17) is 0 Å². The fourth-order valence-corrected chi connectivity index (χ4v) is 4.86. The van der Waals surface area contributed by atoms with Crippen molar-refractivity contribution in [2.24, 2.45) is 0 Å². The topological polar surface area (TPSA) is 78.5 Å². The highest BCUT2D eigenvalue weighted by Crippen LogP contribution is 2.39. The Labute approximate surface area is 205 Å². The first-order chi connectivity index (χ1) is 17.5. The number of rotatable bonds is 4. The number of aromatic nitrogens is 4. The Hall–Kier alpha value is -3.98. The maximum atomic E-state index is 13.9. The number of H-pyrrole nitrogens is 1. The first kappa shape index (κ1) is 22.5. The molecule has 36 heavy (non-hydrogen) atoms. The summed E-state index contributed by atoms with van der Waals surface area (Å²) in [6.45, 7) is 1.66. The normalized spacial score (nSPS) is 16.5. The SMILES string of the molecule is FC(F)(F)c1cnc(N[C@H]2CCCNC2)nc1-c1c[nH]c2cc(-c3ccnc4ccccc34)ccc12. The number of alkyl halides is 3. The van der Waals surface area contributed by atoms with Crippen LogP contribution in [0, 0.1) is 0 Å². The Bertz CT molecular complexity index is 1550. The third-order valence-electron chi connectivity index (χ3n) is 6.62. The maximum Gasteiger partial charge on any atom is 0.419 e. The summed E-state index contributed by atoms with van der Waals surface area (Å²) in [6, 6.07) is 15.6. The molecule has 182 valence electrons. The number of halogens is 3. The van der Waals surface area contributed by atoms with E-state index in [0.29, 0.717) is 10.9 Å². The number of pyridine rings is 1. The summed E-state index contributed by atoms with van der Waals surface area (Å²) in [5, 5.41) is 8.14. The van der Waals surface area contributed by atoms with Gasteiger partial charge in [-0.25, -0.2) is 9.97 Å².